The van der Waals surface area contributed by atoms with Gasteiger partial charge in [0.05, 0.1) is 6.10 Å². The number of amides is 1. The normalized spacial score (nSPS) is 26.5. The Labute approximate surface area is 78.7 Å². The van der Waals surface area contributed by atoms with E-state index >= 15 is 0 Å². The first kappa shape index (κ1) is 9.00. The van der Waals surface area contributed by atoms with Crippen LogP contribution in [0.5, 0.6) is 0 Å². The lowest BCUT2D eigenvalue weighted by molar-refractivity contribution is -0.140. The summed E-state index contributed by atoms with van der Waals surface area (Å²) in [6.07, 6.45) is 3.48. The molecule has 3 nitrogen and oxygen atoms in total. The van der Waals surface area contributed by atoms with Crippen LogP contribution in [-0.2, 0) is 4.79 Å². The number of rotatable bonds is 2. The van der Waals surface area contributed by atoms with Crippen LogP contribution < -0.4 is 0 Å². The fraction of sp³-hybridized carbons (Fsp3) is 0.900. The highest BCUT2D eigenvalue weighted by Gasteiger charge is 2.39. The van der Waals surface area contributed by atoms with Crippen LogP contribution in [-0.4, -0.2) is 35.1 Å². The van der Waals surface area contributed by atoms with Gasteiger partial charge in [-0.1, -0.05) is 6.42 Å². The minimum atomic E-state index is -0.149. The van der Waals surface area contributed by atoms with Gasteiger partial charge in [-0.05, 0) is 18.8 Å². The summed E-state index contributed by atoms with van der Waals surface area (Å²) >= 11 is 0. The van der Waals surface area contributed by atoms with Crippen LogP contribution in [0.2, 0.25) is 0 Å². The first-order valence-corrected chi connectivity index (χ1v) is 5.12. The molecule has 0 bridgehead atoms. The van der Waals surface area contributed by atoms with Crippen molar-refractivity contribution in [1.29, 1.82) is 0 Å². The van der Waals surface area contributed by atoms with Crippen molar-refractivity contribution in [3.8, 4) is 0 Å². The van der Waals surface area contributed by atoms with Gasteiger partial charge in [0.1, 0.15) is 0 Å². The summed E-state index contributed by atoms with van der Waals surface area (Å²) in [6, 6.07) is 0. The van der Waals surface area contributed by atoms with Crippen molar-refractivity contribution in [3.05, 3.63) is 0 Å². The number of carbonyl (C=O) groups excluding carboxylic acids is 1. The maximum atomic E-state index is 10.9. The average molecular weight is 183 g/mol. The third-order valence-electron chi connectivity index (χ3n) is 3.47. The van der Waals surface area contributed by atoms with E-state index in [0.717, 1.165) is 13.1 Å². The summed E-state index contributed by atoms with van der Waals surface area (Å²) in [5.74, 6) is 1.02. The lowest BCUT2D eigenvalue weighted by atomic mass is 9.74. The van der Waals surface area contributed by atoms with Crippen LogP contribution in [0, 0.1) is 11.8 Å². The Bertz CT molecular complexity index is 207. The number of hydrogen-bond donors (Lipinski definition) is 1. The molecule has 1 saturated carbocycles. The molecule has 1 N–H and O–H groups in total. The maximum Gasteiger partial charge on any atom is 0.219 e. The lowest BCUT2D eigenvalue weighted by Gasteiger charge is -2.45. The molecule has 2 fully saturated rings. The van der Waals surface area contributed by atoms with Crippen molar-refractivity contribution < 1.29 is 9.90 Å². The molecule has 1 aliphatic carbocycles. The number of aliphatic hydroxyl groups excluding tert-OH is 1. The zero-order valence-electron chi connectivity index (χ0n) is 8.07. The molecule has 1 atom stereocenters. The van der Waals surface area contributed by atoms with Gasteiger partial charge < -0.3 is 10.0 Å². The Kier molecular flexibility index (Phi) is 2.28. The number of nitrogens with zero attached hydrogens (tertiary/aromatic N) is 1. The van der Waals surface area contributed by atoms with Crippen LogP contribution in [0.25, 0.3) is 0 Å². The highest BCUT2D eigenvalue weighted by atomic mass is 16.3. The highest BCUT2D eigenvalue weighted by Crippen LogP contribution is 2.35. The largest absolute Gasteiger partial charge is 0.392 e. The van der Waals surface area contributed by atoms with Crippen molar-refractivity contribution >= 4 is 5.91 Å². The van der Waals surface area contributed by atoms with Gasteiger partial charge in [0.25, 0.3) is 0 Å². The Morgan fingerprint density at radius 1 is 1.38 bits per heavy atom. The summed E-state index contributed by atoms with van der Waals surface area (Å²) in [4.78, 5) is 12.7. The predicted molar refractivity (Wildman–Crippen MR) is 49.1 cm³/mol. The van der Waals surface area contributed by atoms with E-state index in [0.29, 0.717) is 11.8 Å². The molecule has 3 heteroatoms. The minimum Gasteiger partial charge on any atom is -0.392 e. The summed E-state index contributed by atoms with van der Waals surface area (Å²) in [7, 11) is 0. The smallest absolute Gasteiger partial charge is 0.219 e. The van der Waals surface area contributed by atoms with E-state index in [1.54, 1.807) is 11.8 Å². The number of carbonyl (C=O) groups is 1. The van der Waals surface area contributed by atoms with Gasteiger partial charge in [-0.25, -0.2) is 0 Å². The van der Waals surface area contributed by atoms with Crippen molar-refractivity contribution in [1.82, 2.24) is 4.90 Å². The second-order valence-corrected chi connectivity index (χ2v) is 4.37. The third-order valence-corrected chi connectivity index (χ3v) is 3.47. The van der Waals surface area contributed by atoms with Gasteiger partial charge in [0, 0.05) is 25.9 Å². The average Bonchev–Trinajstić information content (AvgIpc) is 1.76. The fourth-order valence-electron chi connectivity index (χ4n) is 2.15. The second-order valence-electron chi connectivity index (χ2n) is 4.37. The molecule has 0 radical (unpaired) electrons. The molecule has 74 valence electrons. The van der Waals surface area contributed by atoms with Crippen molar-refractivity contribution in [3.63, 3.8) is 0 Å². The molecule has 1 saturated heterocycles. The van der Waals surface area contributed by atoms with Gasteiger partial charge in [-0.2, -0.15) is 0 Å². The van der Waals surface area contributed by atoms with E-state index in [-0.39, 0.29) is 12.0 Å². The van der Waals surface area contributed by atoms with Gasteiger partial charge >= 0.3 is 0 Å². The Hall–Kier alpha value is -0.570. The molecule has 0 aromatic carbocycles. The standard InChI is InChI=1S/C10H17NO2/c1-7(12)11-5-9(6-11)10(13)8-3-2-4-8/h8-10,13H,2-6H2,1H3. The van der Waals surface area contributed by atoms with Gasteiger partial charge in [0.15, 0.2) is 0 Å². The third kappa shape index (κ3) is 1.57. The lowest BCUT2D eigenvalue weighted by Crippen LogP contribution is -2.55. The fourth-order valence-corrected chi connectivity index (χ4v) is 2.15. The van der Waals surface area contributed by atoms with Crippen molar-refractivity contribution in [2.24, 2.45) is 11.8 Å². The van der Waals surface area contributed by atoms with Crippen LogP contribution in [0.15, 0.2) is 0 Å². The van der Waals surface area contributed by atoms with E-state index in [9.17, 15) is 9.90 Å². The summed E-state index contributed by atoms with van der Waals surface area (Å²) in [5.41, 5.74) is 0. The number of likely N-dealkylation sites (tertiary alicyclic amines) is 1. The predicted octanol–water partition coefficient (Wildman–Crippen LogP) is 0.626. The highest BCUT2D eigenvalue weighted by molar-refractivity contribution is 5.74. The SMILES string of the molecule is CC(=O)N1CC(C(O)C2CCC2)C1. The molecule has 0 aromatic heterocycles. The molecule has 2 rings (SSSR count). The monoisotopic (exact) mass is 183 g/mol. The van der Waals surface area contributed by atoms with E-state index in [1.165, 1.54) is 19.3 Å². The molecule has 1 heterocycles. The first-order valence-electron chi connectivity index (χ1n) is 5.12. The molecule has 0 aromatic rings. The summed E-state index contributed by atoms with van der Waals surface area (Å²) in [5, 5.41) is 9.85. The number of aliphatic hydroxyl groups is 1. The van der Waals surface area contributed by atoms with Crippen LogP contribution in [0.4, 0.5) is 0 Å². The van der Waals surface area contributed by atoms with E-state index in [4.69, 9.17) is 0 Å². The first-order chi connectivity index (χ1) is 6.18. The maximum absolute atomic E-state index is 10.9. The second kappa shape index (κ2) is 3.29. The quantitative estimate of drug-likeness (QED) is 0.682. The molecular formula is C10H17NO2. The van der Waals surface area contributed by atoms with E-state index in [2.05, 4.69) is 0 Å². The molecule has 1 unspecified atom stereocenters. The zero-order valence-corrected chi connectivity index (χ0v) is 8.07. The Balaban J connectivity index is 1.75. The topological polar surface area (TPSA) is 40.5 Å². The molecule has 1 aliphatic heterocycles. The van der Waals surface area contributed by atoms with E-state index < -0.39 is 0 Å². The molecular weight excluding hydrogens is 166 g/mol. The van der Waals surface area contributed by atoms with Gasteiger partial charge in [-0.15, -0.1) is 0 Å². The molecule has 1 amide bonds. The summed E-state index contributed by atoms with van der Waals surface area (Å²) < 4.78 is 0. The number of hydrogen-bond acceptors (Lipinski definition) is 2. The Morgan fingerprint density at radius 2 is 2.00 bits per heavy atom. The Morgan fingerprint density at radius 3 is 2.38 bits per heavy atom. The molecule has 2 aliphatic rings. The van der Waals surface area contributed by atoms with Gasteiger partial charge in [0.2, 0.25) is 5.91 Å². The van der Waals surface area contributed by atoms with Crippen molar-refractivity contribution in [2.75, 3.05) is 13.1 Å². The zero-order chi connectivity index (χ0) is 9.42. The van der Waals surface area contributed by atoms with Crippen LogP contribution >= 0.6 is 0 Å². The molecule has 13 heavy (non-hydrogen) atoms. The minimum absolute atomic E-state index is 0.136. The van der Waals surface area contributed by atoms with Crippen LogP contribution in [0.1, 0.15) is 26.2 Å². The summed E-state index contributed by atoms with van der Waals surface area (Å²) in [6.45, 7) is 3.13. The molecule has 0 spiro atoms. The van der Waals surface area contributed by atoms with Gasteiger partial charge in [-0.3, -0.25) is 4.79 Å². The van der Waals surface area contributed by atoms with Crippen molar-refractivity contribution in [2.45, 2.75) is 32.3 Å². The van der Waals surface area contributed by atoms with E-state index in [1.807, 2.05) is 0 Å². The van der Waals surface area contributed by atoms with Crippen LogP contribution in [0.3, 0.4) is 0 Å².